The molecule has 0 aliphatic heterocycles. The number of aliphatic hydroxyl groups excluding tert-OH is 1. The summed E-state index contributed by atoms with van der Waals surface area (Å²) in [6.07, 6.45) is -1.20. The van der Waals surface area contributed by atoms with E-state index in [4.69, 9.17) is 16.6 Å². The van der Waals surface area contributed by atoms with Gasteiger partial charge in [0.25, 0.3) is 0 Å². The van der Waals surface area contributed by atoms with Crippen LogP contribution in [-0.4, -0.2) is 29.6 Å². The molecule has 6 heteroatoms. The Bertz CT molecular complexity index is 403. The van der Waals surface area contributed by atoms with Crippen LogP contribution < -0.4 is 16.8 Å². The van der Waals surface area contributed by atoms with E-state index in [1.165, 1.54) is 0 Å². The molecule has 17 heavy (non-hydrogen) atoms. The molecule has 92 valence electrons. The summed E-state index contributed by atoms with van der Waals surface area (Å²) in [4.78, 5) is 21.9. The molecule has 0 spiro atoms. The summed E-state index contributed by atoms with van der Waals surface area (Å²) in [6, 6.07) is 6.86. The molecule has 1 atom stereocenters. The van der Waals surface area contributed by atoms with E-state index in [1.54, 1.807) is 24.3 Å². The van der Waals surface area contributed by atoms with Crippen molar-refractivity contribution in [3.05, 3.63) is 29.8 Å². The molecule has 0 aliphatic rings. The molecule has 6 N–H and O–H groups in total. The number of rotatable bonds is 5. The van der Waals surface area contributed by atoms with Crippen LogP contribution in [0.3, 0.4) is 0 Å². The highest BCUT2D eigenvalue weighted by molar-refractivity contribution is 5.81. The Balaban J connectivity index is 2.39. The van der Waals surface area contributed by atoms with Gasteiger partial charge in [0.2, 0.25) is 11.8 Å². The molecule has 0 saturated carbocycles. The molecule has 0 saturated heterocycles. The number of carbonyl (C=O) groups excluding carboxylic acids is 2. The van der Waals surface area contributed by atoms with Gasteiger partial charge in [-0.2, -0.15) is 0 Å². The Morgan fingerprint density at radius 1 is 1.29 bits per heavy atom. The minimum atomic E-state index is -1.36. The average molecular weight is 237 g/mol. The molecule has 0 fully saturated rings. The van der Waals surface area contributed by atoms with E-state index in [-0.39, 0.29) is 18.9 Å². The number of anilines is 1. The van der Waals surface area contributed by atoms with Crippen molar-refractivity contribution in [2.75, 3.05) is 12.3 Å². The lowest BCUT2D eigenvalue weighted by Gasteiger charge is -2.08. The van der Waals surface area contributed by atoms with Gasteiger partial charge in [0.05, 0.1) is 13.0 Å². The molecule has 0 heterocycles. The maximum Gasteiger partial charge on any atom is 0.248 e. The Kier molecular flexibility index (Phi) is 4.47. The van der Waals surface area contributed by atoms with Crippen LogP contribution in [0.2, 0.25) is 0 Å². The zero-order valence-electron chi connectivity index (χ0n) is 9.22. The third-order valence-electron chi connectivity index (χ3n) is 2.17. The minimum absolute atomic E-state index is 0.158. The van der Waals surface area contributed by atoms with Crippen LogP contribution in [0.25, 0.3) is 0 Å². The minimum Gasteiger partial charge on any atom is -0.399 e. The lowest BCUT2D eigenvalue weighted by Crippen LogP contribution is -2.40. The molecular weight excluding hydrogens is 222 g/mol. The molecular formula is C11H15N3O3. The van der Waals surface area contributed by atoms with Crippen LogP contribution in [0.4, 0.5) is 5.69 Å². The summed E-state index contributed by atoms with van der Waals surface area (Å²) >= 11 is 0. The fraction of sp³-hybridized carbons (Fsp3) is 0.273. The van der Waals surface area contributed by atoms with Gasteiger partial charge >= 0.3 is 0 Å². The van der Waals surface area contributed by atoms with Gasteiger partial charge in [-0.3, -0.25) is 9.59 Å². The first-order chi connectivity index (χ1) is 7.99. The molecule has 2 amide bonds. The van der Waals surface area contributed by atoms with Crippen molar-refractivity contribution in [3.63, 3.8) is 0 Å². The first kappa shape index (κ1) is 13.0. The SMILES string of the molecule is NC(=O)C(O)CNC(=O)Cc1ccc(N)cc1. The first-order valence-electron chi connectivity index (χ1n) is 5.07. The van der Waals surface area contributed by atoms with Crippen LogP contribution in [-0.2, 0) is 16.0 Å². The Morgan fingerprint density at radius 2 is 1.88 bits per heavy atom. The topological polar surface area (TPSA) is 118 Å². The number of aliphatic hydroxyl groups is 1. The second kappa shape index (κ2) is 5.86. The van der Waals surface area contributed by atoms with Crippen LogP contribution in [0, 0.1) is 0 Å². The number of nitrogens with two attached hydrogens (primary N) is 2. The van der Waals surface area contributed by atoms with Gasteiger partial charge in [-0.05, 0) is 17.7 Å². The number of hydrogen-bond donors (Lipinski definition) is 4. The van der Waals surface area contributed by atoms with Crippen molar-refractivity contribution < 1.29 is 14.7 Å². The van der Waals surface area contributed by atoms with Crippen molar-refractivity contribution in [1.82, 2.24) is 5.32 Å². The third kappa shape index (κ3) is 4.52. The summed E-state index contributed by atoms with van der Waals surface area (Å²) in [7, 11) is 0. The van der Waals surface area contributed by atoms with E-state index in [0.29, 0.717) is 5.69 Å². The number of nitrogens with one attached hydrogen (secondary N) is 1. The van der Waals surface area contributed by atoms with Crippen molar-refractivity contribution in [2.45, 2.75) is 12.5 Å². The maximum atomic E-state index is 11.4. The summed E-state index contributed by atoms with van der Waals surface area (Å²) in [5.41, 5.74) is 11.8. The van der Waals surface area contributed by atoms with Gasteiger partial charge in [-0.15, -0.1) is 0 Å². The van der Waals surface area contributed by atoms with Gasteiger partial charge in [-0.1, -0.05) is 12.1 Å². The summed E-state index contributed by atoms with van der Waals surface area (Å²) in [5, 5.41) is 11.5. The second-order valence-electron chi connectivity index (χ2n) is 3.64. The lowest BCUT2D eigenvalue weighted by molar-refractivity contribution is -0.126. The number of benzene rings is 1. The van der Waals surface area contributed by atoms with Gasteiger partial charge in [0.1, 0.15) is 6.10 Å². The van der Waals surface area contributed by atoms with Crippen molar-refractivity contribution in [1.29, 1.82) is 0 Å². The highest BCUT2D eigenvalue weighted by Crippen LogP contribution is 2.05. The predicted octanol–water partition coefficient (Wildman–Crippen LogP) is -1.23. The highest BCUT2D eigenvalue weighted by atomic mass is 16.3. The zero-order valence-corrected chi connectivity index (χ0v) is 9.22. The van der Waals surface area contributed by atoms with Crippen molar-refractivity contribution in [2.24, 2.45) is 5.73 Å². The second-order valence-corrected chi connectivity index (χ2v) is 3.64. The van der Waals surface area contributed by atoms with Crippen molar-refractivity contribution in [3.8, 4) is 0 Å². The van der Waals surface area contributed by atoms with Gasteiger partial charge in [-0.25, -0.2) is 0 Å². The fourth-order valence-electron chi connectivity index (χ4n) is 1.19. The van der Waals surface area contributed by atoms with Crippen LogP contribution in [0.1, 0.15) is 5.56 Å². The Hall–Kier alpha value is -2.08. The average Bonchev–Trinajstić information content (AvgIpc) is 2.29. The lowest BCUT2D eigenvalue weighted by atomic mass is 10.1. The standard InChI is InChI=1S/C11H15N3O3/c12-8-3-1-7(2-4-8)5-10(16)14-6-9(15)11(13)17/h1-4,9,15H,5-6,12H2,(H2,13,17)(H,14,16). The van der Waals surface area contributed by atoms with Crippen molar-refractivity contribution >= 4 is 17.5 Å². The highest BCUT2D eigenvalue weighted by Gasteiger charge is 2.12. The molecule has 0 radical (unpaired) electrons. The molecule has 1 rings (SSSR count). The largest absolute Gasteiger partial charge is 0.399 e. The maximum absolute atomic E-state index is 11.4. The third-order valence-corrected chi connectivity index (χ3v) is 2.17. The van der Waals surface area contributed by atoms with E-state index in [2.05, 4.69) is 5.32 Å². The number of amides is 2. The monoisotopic (exact) mass is 237 g/mol. The van der Waals surface area contributed by atoms with Gasteiger partial charge in [0, 0.05) is 5.69 Å². The summed E-state index contributed by atoms with van der Waals surface area (Å²) in [6.45, 7) is -0.177. The smallest absolute Gasteiger partial charge is 0.248 e. The first-order valence-corrected chi connectivity index (χ1v) is 5.07. The quantitative estimate of drug-likeness (QED) is 0.479. The number of nitrogen functional groups attached to an aromatic ring is 1. The van der Waals surface area contributed by atoms with E-state index in [9.17, 15) is 9.59 Å². The van der Waals surface area contributed by atoms with E-state index in [0.717, 1.165) is 5.56 Å². The van der Waals surface area contributed by atoms with Crippen LogP contribution >= 0.6 is 0 Å². The molecule has 0 aromatic heterocycles. The van der Waals surface area contributed by atoms with E-state index >= 15 is 0 Å². The zero-order chi connectivity index (χ0) is 12.8. The normalized spacial score (nSPS) is 11.8. The molecule has 1 unspecified atom stereocenters. The fourth-order valence-corrected chi connectivity index (χ4v) is 1.19. The summed E-state index contributed by atoms with van der Waals surface area (Å²) in [5.74, 6) is -1.16. The molecule has 0 bridgehead atoms. The molecule has 1 aromatic rings. The number of hydrogen-bond acceptors (Lipinski definition) is 4. The van der Waals surface area contributed by atoms with Gasteiger partial charge < -0.3 is 21.9 Å². The Morgan fingerprint density at radius 3 is 2.41 bits per heavy atom. The van der Waals surface area contributed by atoms with E-state index < -0.39 is 12.0 Å². The van der Waals surface area contributed by atoms with E-state index in [1.807, 2.05) is 0 Å². The van der Waals surface area contributed by atoms with Gasteiger partial charge in [0.15, 0.2) is 0 Å². The van der Waals surface area contributed by atoms with Crippen LogP contribution in [0.15, 0.2) is 24.3 Å². The summed E-state index contributed by atoms with van der Waals surface area (Å²) < 4.78 is 0. The van der Waals surface area contributed by atoms with Crippen LogP contribution in [0.5, 0.6) is 0 Å². The Labute approximate surface area is 98.6 Å². The molecule has 1 aromatic carbocycles. The number of carbonyl (C=O) groups is 2. The predicted molar refractivity (Wildman–Crippen MR) is 62.8 cm³/mol. The number of primary amides is 1. The molecule has 6 nitrogen and oxygen atoms in total. The molecule has 0 aliphatic carbocycles.